The average Bonchev–Trinajstić information content (AvgIpc) is 2.50. The van der Waals surface area contributed by atoms with Gasteiger partial charge in [0.05, 0.1) is 0 Å². The molecule has 1 rings (SSSR count). The second-order valence-electron chi connectivity index (χ2n) is 5.58. The lowest BCUT2D eigenvalue weighted by atomic mass is 10.1. The smallest absolute Gasteiger partial charge is 0.170 e. The highest BCUT2D eigenvalue weighted by Crippen LogP contribution is 2.09. The predicted molar refractivity (Wildman–Crippen MR) is 97.9 cm³/mol. The van der Waals surface area contributed by atoms with Crippen LogP contribution < -0.4 is 10.6 Å². The summed E-state index contributed by atoms with van der Waals surface area (Å²) in [6.45, 7) is 3.23. The first-order valence-electron chi connectivity index (χ1n) is 8.43. The van der Waals surface area contributed by atoms with Gasteiger partial charge in [-0.2, -0.15) is 0 Å². The molecule has 2 nitrogen and oxygen atoms in total. The summed E-state index contributed by atoms with van der Waals surface area (Å²) in [5, 5.41) is 7.19. The van der Waals surface area contributed by atoms with Crippen molar-refractivity contribution >= 4 is 23.0 Å². The molecule has 0 atom stereocenters. The Hall–Kier alpha value is -1.09. The van der Waals surface area contributed by atoms with Crippen molar-refractivity contribution < 1.29 is 0 Å². The lowest BCUT2D eigenvalue weighted by Crippen LogP contribution is -2.29. The Kier molecular flexibility index (Phi) is 10.8. The number of thiocarbonyl (C=S) groups is 1. The van der Waals surface area contributed by atoms with Gasteiger partial charge in [-0.15, -0.1) is 0 Å². The molecular formula is C18H30N2S. The van der Waals surface area contributed by atoms with Gasteiger partial charge in [-0.1, -0.05) is 76.5 Å². The highest BCUT2D eigenvalue weighted by Gasteiger charge is 1.96. The van der Waals surface area contributed by atoms with E-state index in [0.29, 0.717) is 0 Å². The molecule has 2 N–H and O–H groups in total. The second-order valence-corrected chi connectivity index (χ2v) is 5.98. The van der Waals surface area contributed by atoms with Gasteiger partial charge in [-0.05, 0) is 30.8 Å². The quantitative estimate of drug-likeness (QED) is 0.417. The highest BCUT2D eigenvalue weighted by molar-refractivity contribution is 7.80. The van der Waals surface area contributed by atoms with E-state index in [2.05, 4.69) is 17.6 Å². The van der Waals surface area contributed by atoms with Gasteiger partial charge >= 0.3 is 0 Å². The first-order chi connectivity index (χ1) is 10.3. The third-order valence-electron chi connectivity index (χ3n) is 3.60. The summed E-state index contributed by atoms with van der Waals surface area (Å²) in [6.07, 6.45) is 12.2. The molecule has 0 saturated carbocycles. The number of para-hydroxylation sites is 1. The molecule has 1 aromatic rings. The molecule has 0 aliphatic rings. The maximum Gasteiger partial charge on any atom is 0.170 e. The molecule has 1 aromatic carbocycles. The normalized spacial score (nSPS) is 10.3. The number of rotatable bonds is 11. The fourth-order valence-electron chi connectivity index (χ4n) is 2.33. The van der Waals surface area contributed by atoms with Crippen molar-refractivity contribution in [1.29, 1.82) is 0 Å². The molecule has 0 aliphatic heterocycles. The first kappa shape index (κ1) is 18.0. The van der Waals surface area contributed by atoms with E-state index < -0.39 is 0 Å². The third-order valence-corrected chi connectivity index (χ3v) is 3.84. The molecule has 21 heavy (non-hydrogen) atoms. The Balaban J connectivity index is 1.89. The van der Waals surface area contributed by atoms with Gasteiger partial charge < -0.3 is 10.6 Å². The van der Waals surface area contributed by atoms with Crippen LogP contribution in [0.3, 0.4) is 0 Å². The Bertz CT molecular complexity index is 365. The van der Waals surface area contributed by atoms with Gasteiger partial charge in [-0.3, -0.25) is 0 Å². The van der Waals surface area contributed by atoms with Crippen LogP contribution in [0, 0.1) is 0 Å². The van der Waals surface area contributed by atoms with Crippen molar-refractivity contribution in [3.63, 3.8) is 0 Å². The minimum absolute atomic E-state index is 0.723. The van der Waals surface area contributed by atoms with Gasteiger partial charge in [0.1, 0.15) is 0 Å². The van der Waals surface area contributed by atoms with E-state index in [0.717, 1.165) is 17.3 Å². The topological polar surface area (TPSA) is 24.1 Å². The van der Waals surface area contributed by atoms with E-state index in [1.54, 1.807) is 0 Å². The van der Waals surface area contributed by atoms with E-state index >= 15 is 0 Å². The standard InChI is InChI=1S/C18H30N2S/c1-2-3-4-5-6-7-8-9-13-16-19-18(21)20-17-14-11-10-12-15-17/h10-12,14-15H,2-9,13,16H2,1H3,(H2,19,20,21). The highest BCUT2D eigenvalue weighted by atomic mass is 32.1. The Morgan fingerprint density at radius 3 is 2.05 bits per heavy atom. The number of unbranched alkanes of at least 4 members (excludes halogenated alkanes) is 8. The summed E-state index contributed by atoms with van der Waals surface area (Å²) in [7, 11) is 0. The first-order valence-corrected chi connectivity index (χ1v) is 8.83. The van der Waals surface area contributed by atoms with Crippen LogP contribution in [-0.4, -0.2) is 11.7 Å². The monoisotopic (exact) mass is 306 g/mol. The summed E-state index contributed by atoms with van der Waals surface area (Å²) in [5.41, 5.74) is 1.04. The number of anilines is 1. The minimum Gasteiger partial charge on any atom is -0.362 e. The predicted octanol–water partition coefficient (Wildman–Crippen LogP) is 5.50. The van der Waals surface area contributed by atoms with Crippen molar-refractivity contribution in [3.05, 3.63) is 30.3 Å². The number of nitrogens with one attached hydrogen (secondary N) is 2. The lowest BCUT2D eigenvalue weighted by molar-refractivity contribution is 0.563. The molecule has 0 heterocycles. The fraction of sp³-hybridized carbons (Fsp3) is 0.611. The summed E-state index contributed by atoms with van der Waals surface area (Å²) < 4.78 is 0. The number of hydrogen-bond acceptors (Lipinski definition) is 1. The van der Waals surface area contributed by atoms with Gasteiger partial charge in [0, 0.05) is 12.2 Å². The molecule has 0 bridgehead atoms. The molecule has 0 amide bonds. The van der Waals surface area contributed by atoms with Crippen molar-refractivity contribution in [3.8, 4) is 0 Å². The summed E-state index contributed by atoms with van der Waals surface area (Å²) >= 11 is 5.27. The molecule has 0 radical (unpaired) electrons. The van der Waals surface area contributed by atoms with Crippen LogP contribution >= 0.6 is 12.2 Å². The molecular weight excluding hydrogens is 276 g/mol. The number of benzene rings is 1. The zero-order chi connectivity index (χ0) is 15.2. The summed E-state index contributed by atoms with van der Waals surface area (Å²) in [6, 6.07) is 10.1. The molecule has 3 heteroatoms. The fourth-order valence-corrected chi connectivity index (χ4v) is 2.55. The summed E-state index contributed by atoms with van der Waals surface area (Å²) in [5.74, 6) is 0. The van der Waals surface area contributed by atoms with Crippen LogP contribution in [-0.2, 0) is 0 Å². The van der Waals surface area contributed by atoms with Gasteiger partial charge in [0.15, 0.2) is 5.11 Å². The van der Waals surface area contributed by atoms with Crippen molar-refractivity contribution in [2.45, 2.75) is 64.7 Å². The molecule has 0 saturated heterocycles. The number of hydrogen-bond donors (Lipinski definition) is 2. The van der Waals surface area contributed by atoms with Crippen molar-refractivity contribution in [2.75, 3.05) is 11.9 Å². The Labute approximate surface area is 135 Å². The van der Waals surface area contributed by atoms with Gasteiger partial charge in [0.25, 0.3) is 0 Å². The third kappa shape index (κ3) is 10.3. The SMILES string of the molecule is CCCCCCCCCCCNC(=S)Nc1ccccc1. The maximum atomic E-state index is 5.27. The molecule has 0 aromatic heterocycles. The van der Waals surface area contributed by atoms with Gasteiger partial charge in [0.2, 0.25) is 0 Å². The Morgan fingerprint density at radius 2 is 1.43 bits per heavy atom. The zero-order valence-electron chi connectivity index (χ0n) is 13.4. The van der Waals surface area contributed by atoms with Crippen LogP contribution in [0.2, 0.25) is 0 Å². The molecule has 0 fully saturated rings. The Morgan fingerprint density at radius 1 is 0.857 bits per heavy atom. The van der Waals surface area contributed by atoms with Crippen molar-refractivity contribution in [2.24, 2.45) is 0 Å². The van der Waals surface area contributed by atoms with E-state index in [-0.39, 0.29) is 0 Å². The van der Waals surface area contributed by atoms with E-state index in [9.17, 15) is 0 Å². The molecule has 0 spiro atoms. The maximum absolute atomic E-state index is 5.27. The van der Waals surface area contributed by atoms with E-state index in [1.165, 1.54) is 57.8 Å². The van der Waals surface area contributed by atoms with Crippen LogP contribution in [0.15, 0.2) is 30.3 Å². The largest absolute Gasteiger partial charge is 0.362 e. The molecule has 118 valence electrons. The average molecular weight is 307 g/mol. The van der Waals surface area contributed by atoms with Crippen LogP contribution in [0.4, 0.5) is 5.69 Å². The van der Waals surface area contributed by atoms with Crippen LogP contribution in [0.25, 0.3) is 0 Å². The van der Waals surface area contributed by atoms with E-state index in [4.69, 9.17) is 12.2 Å². The van der Waals surface area contributed by atoms with Gasteiger partial charge in [-0.25, -0.2) is 0 Å². The molecule has 0 aliphatic carbocycles. The van der Waals surface area contributed by atoms with Crippen LogP contribution in [0.5, 0.6) is 0 Å². The van der Waals surface area contributed by atoms with Crippen LogP contribution in [0.1, 0.15) is 64.7 Å². The minimum atomic E-state index is 0.723. The molecule has 0 unspecified atom stereocenters. The lowest BCUT2D eigenvalue weighted by Gasteiger charge is -2.10. The second kappa shape index (κ2) is 12.6. The zero-order valence-corrected chi connectivity index (χ0v) is 14.2. The van der Waals surface area contributed by atoms with E-state index in [1.807, 2.05) is 30.3 Å². The van der Waals surface area contributed by atoms with Crippen molar-refractivity contribution in [1.82, 2.24) is 5.32 Å². The summed E-state index contributed by atoms with van der Waals surface area (Å²) in [4.78, 5) is 0.